The number of carbonyl (C=O) groups excluding carboxylic acids is 1. The van der Waals surface area contributed by atoms with Crippen LogP contribution < -0.4 is 4.74 Å². The Morgan fingerprint density at radius 1 is 0.941 bits per heavy atom. The van der Waals surface area contributed by atoms with Crippen LogP contribution in [0.15, 0.2) is 41.0 Å². The first-order valence-electron chi connectivity index (χ1n) is 14.0. The summed E-state index contributed by atoms with van der Waals surface area (Å²) in [6.45, 7) is 6.94. The number of para-hydroxylation sites is 1. The fraction of sp³-hybridized carbons (Fsp3) is 0.645. The molecule has 182 valence electrons. The largest absolute Gasteiger partial charge is 0.475 e. The molecule has 0 amide bonds. The smallest absolute Gasteiger partial charge is 0.164 e. The summed E-state index contributed by atoms with van der Waals surface area (Å²) < 4.78 is 6.57. The molecule has 0 radical (unpaired) electrons. The summed E-state index contributed by atoms with van der Waals surface area (Å²) in [5.41, 5.74) is 7.24. The van der Waals surface area contributed by atoms with Gasteiger partial charge in [0.15, 0.2) is 5.78 Å². The number of allylic oxidation sites excluding steroid dienone is 4. The fourth-order valence-electron chi connectivity index (χ4n) is 8.25. The lowest BCUT2D eigenvalue weighted by atomic mass is 9.57. The van der Waals surface area contributed by atoms with Crippen molar-refractivity contribution in [2.75, 3.05) is 13.1 Å². The Labute approximate surface area is 205 Å². The zero-order valence-corrected chi connectivity index (χ0v) is 21.2. The van der Waals surface area contributed by atoms with Gasteiger partial charge in [0.25, 0.3) is 0 Å². The molecule has 3 heteroatoms. The van der Waals surface area contributed by atoms with Crippen LogP contribution in [0.1, 0.15) is 96.5 Å². The number of nitrogens with zero attached hydrogens (tertiary/aromatic N) is 1. The molecule has 1 heterocycles. The summed E-state index contributed by atoms with van der Waals surface area (Å²) in [5, 5.41) is 0. The molecule has 1 aromatic carbocycles. The Morgan fingerprint density at radius 2 is 1.76 bits per heavy atom. The van der Waals surface area contributed by atoms with E-state index in [9.17, 15) is 4.79 Å². The van der Waals surface area contributed by atoms with Crippen molar-refractivity contribution < 1.29 is 9.53 Å². The molecule has 34 heavy (non-hydrogen) atoms. The van der Waals surface area contributed by atoms with Gasteiger partial charge in [-0.2, -0.15) is 0 Å². The first-order valence-corrected chi connectivity index (χ1v) is 14.0. The molecule has 1 saturated heterocycles. The van der Waals surface area contributed by atoms with Crippen LogP contribution in [0.25, 0.3) is 5.57 Å². The van der Waals surface area contributed by atoms with Crippen molar-refractivity contribution in [2.45, 2.75) is 97.1 Å². The Balaban J connectivity index is 1.37. The number of Topliss-reactive ketones (excluding diaryl/α,β-unsaturated/α-hetero) is 1. The Bertz CT molecular complexity index is 1030. The monoisotopic (exact) mass is 459 g/mol. The number of fused-ring (bicyclic) bond motifs is 4. The van der Waals surface area contributed by atoms with Crippen LogP contribution in [0, 0.1) is 17.3 Å². The van der Waals surface area contributed by atoms with E-state index in [2.05, 4.69) is 43.0 Å². The lowest BCUT2D eigenvalue weighted by Gasteiger charge is -2.47. The van der Waals surface area contributed by atoms with E-state index < -0.39 is 0 Å². The van der Waals surface area contributed by atoms with Gasteiger partial charge in [0.05, 0.1) is 0 Å². The molecular weight excluding hydrogens is 418 g/mol. The number of carbonyl (C=O) groups is 1. The van der Waals surface area contributed by atoms with Crippen molar-refractivity contribution >= 4 is 11.4 Å². The van der Waals surface area contributed by atoms with Crippen LogP contribution in [0.5, 0.6) is 5.75 Å². The summed E-state index contributed by atoms with van der Waals surface area (Å²) in [7, 11) is 0. The molecule has 0 bridgehead atoms. The van der Waals surface area contributed by atoms with Crippen molar-refractivity contribution in [3.63, 3.8) is 0 Å². The van der Waals surface area contributed by atoms with E-state index >= 15 is 0 Å². The van der Waals surface area contributed by atoms with Gasteiger partial charge >= 0.3 is 0 Å². The highest BCUT2D eigenvalue weighted by molar-refractivity contribution is 6.24. The second-order valence-electron chi connectivity index (χ2n) is 11.9. The highest BCUT2D eigenvalue weighted by Gasteiger charge is 2.49. The molecule has 1 unspecified atom stereocenters. The average Bonchev–Trinajstić information content (AvgIpc) is 3.27. The predicted molar refractivity (Wildman–Crippen MR) is 138 cm³/mol. The van der Waals surface area contributed by atoms with Crippen molar-refractivity contribution in [3.8, 4) is 5.75 Å². The third kappa shape index (κ3) is 3.79. The van der Waals surface area contributed by atoms with Crippen LogP contribution in [-0.4, -0.2) is 30.0 Å². The van der Waals surface area contributed by atoms with E-state index in [4.69, 9.17) is 4.74 Å². The standard InChI is InChI=1S/C31H41NO2/c1-21(32-19-6-3-7-20-32)34-29-11-5-4-9-26(29)30-25-13-12-24-23(22(25)14-15-28(30)33)16-18-31(2)17-8-10-27(24)31/h4-5,9,11,21,24,27H,3,6-8,10,12-20H2,1-2H3/t21?,24-,27+,31+/m1/s1. The summed E-state index contributed by atoms with van der Waals surface area (Å²) in [5.74, 6) is 2.84. The fourth-order valence-corrected chi connectivity index (χ4v) is 8.25. The maximum absolute atomic E-state index is 13.4. The summed E-state index contributed by atoms with van der Waals surface area (Å²) in [4.78, 5) is 15.9. The minimum atomic E-state index is 0.0395. The predicted octanol–water partition coefficient (Wildman–Crippen LogP) is 7.32. The van der Waals surface area contributed by atoms with E-state index in [-0.39, 0.29) is 6.23 Å². The molecule has 2 saturated carbocycles. The van der Waals surface area contributed by atoms with Crippen molar-refractivity contribution in [3.05, 3.63) is 46.5 Å². The minimum Gasteiger partial charge on any atom is -0.475 e. The summed E-state index contributed by atoms with van der Waals surface area (Å²) in [6.07, 6.45) is 14.6. The molecule has 6 rings (SSSR count). The highest BCUT2D eigenvalue weighted by Crippen LogP contribution is 2.60. The lowest BCUT2D eigenvalue weighted by molar-refractivity contribution is -0.114. The Kier molecular flexibility index (Phi) is 5.96. The molecule has 3 nitrogen and oxygen atoms in total. The summed E-state index contributed by atoms with van der Waals surface area (Å²) >= 11 is 0. The molecule has 1 aliphatic heterocycles. The van der Waals surface area contributed by atoms with Gasteiger partial charge in [0, 0.05) is 30.6 Å². The molecule has 0 spiro atoms. The number of piperidine rings is 1. The van der Waals surface area contributed by atoms with Gasteiger partial charge in [0.2, 0.25) is 0 Å². The number of likely N-dealkylation sites (tertiary alicyclic amines) is 1. The first kappa shape index (κ1) is 22.6. The van der Waals surface area contributed by atoms with Crippen LogP contribution in [0.2, 0.25) is 0 Å². The zero-order valence-electron chi connectivity index (χ0n) is 21.2. The molecule has 1 aromatic rings. The van der Waals surface area contributed by atoms with Gasteiger partial charge in [-0.3, -0.25) is 9.69 Å². The van der Waals surface area contributed by atoms with Crippen LogP contribution >= 0.6 is 0 Å². The van der Waals surface area contributed by atoms with Crippen LogP contribution in [-0.2, 0) is 4.79 Å². The molecule has 3 fully saturated rings. The molecule has 4 atom stereocenters. The average molecular weight is 460 g/mol. The second kappa shape index (κ2) is 8.97. The molecule has 0 N–H and O–H groups in total. The van der Waals surface area contributed by atoms with Crippen LogP contribution in [0.3, 0.4) is 0 Å². The van der Waals surface area contributed by atoms with Crippen molar-refractivity contribution in [1.82, 2.24) is 4.90 Å². The van der Waals surface area contributed by atoms with E-state index in [1.165, 1.54) is 63.4 Å². The van der Waals surface area contributed by atoms with E-state index in [0.29, 0.717) is 17.6 Å². The number of benzene rings is 1. The quantitative estimate of drug-likeness (QED) is 0.472. The van der Waals surface area contributed by atoms with Gasteiger partial charge in [-0.15, -0.1) is 0 Å². The Morgan fingerprint density at radius 3 is 2.62 bits per heavy atom. The second-order valence-corrected chi connectivity index (χ2v) is 11.9. The lowest BCUT2D eigenvalue weighted by Crippen LogP contribution is -2.40. The topological polar surface area (TPSA) is 29.5 Å². The number of hydrogen-bond acceptors (Lipinski definition) is 3. The van der Waals surface area contributed by atoms with E-state index in [1.54, 1.807) is 11.1 Å². The molecule has 5 aliphatic rings. The SMILES string of the molecule is CC(Oc1ccccc1C1=C2CC[C@@H]3C(=C2CCC1=O)CC[C@]1(C)CCC[C@@H]31)N1CCCCC1. The Hall–Kier alpha value is -1.87. The highest BCUT2D eigenvalue weighted by atomic mass is 16.5. The first-order chi connectivity index (χ1) is 16.5. The maximum atomic E-state index is 13.4. The van der Waals surface area contributed by atoms with E-state index in [0.717, 1.165) is 54.7 Å². The molecular formula is C31H41NO2. The van der Waals surface area contributed by atoms with Gasteiger partial charge < -0.3 is 4.74 Å². The number of hydrogen-bond donors (Lipinski definition) is 0. The zero-order chi connectivity index (χ0) is 23.3. The number of ketones is 1. The third-order valence-electron chi connectivity index (χ3n) is 10.1. The number of ether oxygens (including phenoxy) is 1. The van der Waals surface area contributed by atoms with Crippen molar-refractivity contribution in [2.24, 2.45) is 17.3 Å². The van der Waals surface area contributed by atoms with Crippen molar-refractivity contribution in [1.29, 1.82) is 0 Å². The van der Waals surface area contributed by atoms with Crippen LogP contribution in [0.4, 0.5) is 0 Å². The van der Waals surface area contributed by atoms with Gasteiger partial charge in [-0.25, -0.2) is 0 Å². The minimum absolute atomic E-state index is 0.0395. The van der Waals surface area contributed by atoms with Gasteiger partial charge in [-0.05, 0) is 99.2 Å². The van der Waals surface area contributed by atoms with E-state index in [1.807, 2.05) is 0 Å². The van der Waals surface area contributed by atoms with Gasteiger partial charge in [-0.1, -0.05) is 43.5 Å². The molecule has 0 aromatic heterocycles. The van der Waals surface area contributed by atoms with Gasteiger partial charge in [0.1, 0.15) is 12.0 Å². The normalized spacial score (nSPS) is 32.8. The maximum Gasteiger partial charge on any atom is 0.164 e. The third-order valence-corrected chi connectivity index (χ3v) is 10.1. The molecule has 4 aliphatic carbocycles. The number of rotatable bonds is 4. The summed E-state index contributed by atoms with van der Waals surface area (Å²) in [6, 6.07) is 8.34.